The van der Waals surface area contributed by atoms with Gasteiger partial charge in [-0.25, -0.2) is 4.98 Å². The van der Waals surface area contributed by atoms with Crippen LogP contribution in [0.1, 0.15) is 5.56 Å². The highest BCUT2D eigenvalue weighted by molar-refractivity contribution is 6.02. The third kappa shape index (κ3) is 2.07. The Labute approximate surface area is 132 Å². The minimum absolute atomic E-state index is 0.0987. The molecule has 120 valence electrons. The zero-order chi connectivity index (χ0) is 16.9. The fourth-order valence-corrected chi connectivity index (χ4v) is 2.70. The Hall–Kier alpha value is -3.16. The molecule has 8 heteroatoms. The van der Waals surface area contributed by atoms with Crippen LogP contribution in [0, 0.1) is 0 Å². The molecule has 1 aromatic carbocycles. The summed E-state index contributed by atoms with van der Waals surface area (Å²) in [6.07, 6.45) is -1.66. The number of nitrogens with one attached hydrogen (secondary N) is 1. The van der Waals surface area contributed by atoms with E-state index >= 15 is 0 Å². The zero-order valence-corrected chi connectivity index (χ0v) is 12.0. The molecular formula is C16H9F3N4O. The van der Waals surface area contributed by atoms with Crippen LogP contribution in [0.15, 0.2) is 53.6 Å². The fraction of sp³-hybridized carbons (Fsp3) is 0.0625. The second kappa shape index (κ2) is 4.92. The van der Waals surface area contributed by atoms with E-state index in [2.05, 4.69) is 15.2 Å². The standard InChI is InChI=1S/C16H9F3N4O/c17-16(18,19)9-3-1-4-10(7-9)23-14-11(5-2-6-20-14)13-12(15(23)24)8-21-22-13/h1-8H,(H,21,22). The Morgan fingerprint density at radius 3 is 2.71 bits per heavy atom. The first-order valence-corrected chi connectivity index (χ1v) is 6.97. The number of alkyl halides is 3. The number of benzene rings is 1. The molecule has 0 aliphatic rings. The minimum atomic E-state index is -4.50. The lowest BCUT2D eigenvalue weighted by Gasteiger charge is -2.12. The van der Waals surface area contributed by atoms with Crippen molar-refractivity contribution in [2.24, 2.45) is 0 Å². The van der Waals surface area contributed by atoms with Crippen molar-refractivity contribution in [1.82, 2.24) is 19.7 Å². The number of hydrogen-bond donors (Lipinski definition) is 1. The third-order valence-corrected chi connectivity index (χ3v) is 3.77. The summed E-state index contributed by atoms with van der Waals surface area (Å²) in [6.45, 7) is 0. The van der Waals surface area contributed by atoms with Crippen molar-refractivity contribution in [2.45, 2.75) is 6.18 Å². The molecule has 0 amide bonds. The van der Waals surface area contributed by atoms with Gasteiger partial charge in [0.05, 0.1) is 28.4 Å². The topological polar surface area (TPSA) is 63.6 Å². The Morgan fingerprint density at radius 2 is 1.92 bits per heavy atom. The number of H-pyrrole nitrogens is 1. The van der Waals surface area contributed by atoms with Gasteiger partial charge < -0.3 is 0 Å². The van der Waals surface area contributed by atoms with Gasteiger partial charge in [0, 0.05) is 11.6 Å². The second-order valence-corrected chi connectivity index (χ2v) is 5.22. The van der Waals surface area contributed by atoms with Crippen molar-refractivity contribution in [3.05, 3.63) is 64.7 Å². The Kier molecular flexibility index (Phi) is 2.96. The molecule has 0 atom stereocenters. The molecule has 4 aromatic rings. The van der Waals surface area contributed by atoms with Crippen LogP contribution in [0.2, 0.25) is 0 Å². The number of hydrogen-bond acceptors (Lipinski definition) is 3. The quantitative estimate of drug-likeness (QED) is 0.582. The highest BCUT2D eigenvalue weighted by Crippen LogP contribution is 2.31. The average molecular weight is 330 g/mol. The zero-order valence-electron chi connectivity index (χ0n) is 12.0. The van der Waals surface area contributed by atoms with Gasteiger partial charge in [-0.3, -0.25) is 14.5 Å². The smallest absolute Gasteiger partial charge is 0.277 e. The van der Waals surface area contributed by atoms with Gasteiger partial charge in [-0.15, -0.1) is 0 Å². The molecule has 1 N–H and O–H groups in total. The molecule has 0 spiro atoms. The Bertz CT molecular complexity index is 1130. The summed E-state index contributed by atoms with van der Waals surface area (Å²) in [6, 6.07) is 8.01. The summed E-state index contributed by atoms with van der Waals surface area (Å²) in [7, 11) is 0. The summed E-state index contributed by atoms with van der Waals surface area (Å²) < 4.78 is 40.1. The van der Waals surface area contributed by atoms with Crippen LogP contribution < -0.4 is 5.56 Å². The molecule has 3 aromatic heterocycles. The lowest BCUT2D eigenvalue weighted by atomic mass is 10.1. The summed E-state index contributed by atoms with van der Waals surface area (Å²) in [5.74, 6) is 0. The Morgan fingerprint density at radius 1 is 1.08 bits per heavy atom. The molecule has 0 bridgehead atoms. The van der Waals surface area contributed by atoms with Gasteiger partial charge in [-0.2, -0.15) is 18.3 Å². The molecular weight excluding hydrogens is 321 g/mol. The number of aromatic nitrogens is 4. The molecule has 5 nitrogen and oxygen atoms in total. The van der Waals surface area contributed by atoms with E-state index in [0.717, 1.165) is 12.1 Å². The first kappa shape index (κ1) is 14.4. The van der Waals surface area contributed by atoms with Crippen molar-refractivity contribution in [2.75, 3.05) is 0 Å². The van der Waals surface area contributed by atoms with Gasteiger partial charge in [0.2, 0.25) is 0 Å². The first-order valence-electron chi connectivity index (χ1n) is 6.97. The molecule has 4 rings (SSSR count). The fourth-order valence-electron chi connectivity index (χ4n) is 2.70. The van der Waals surface area contributed by atoms with Crippen molar-refractivity contribution in [1.29, 1.82) is 0 Å². The third-order valence-electron chi connectivity index (χ3n) is 3.77. The number of rotatable bonds is 1. The van der Waals surface area contributed by atoms with Crippen LogP contribution in [-0.4, -0.2) is 19.7 Å². The van der Waals surface area contributed by atoms with Crippen molar-refractivity contribution >= 4 is 21.9 Å². The van der Waals surface area contributed by atoms with E-state index in [9.17, 15) is 18.0 Å². The highest BCUT2D eigenvalue weighted by atomic mass is 19.4. The lowest BCUT2D eigenvalue weighted by Crippen LogP contribution is -2.20. The normalized spacial score (nSPS) is 12.1. The number of pyridine rings is 2. The molecule has 0 saturated heterocycles. The number of aromatic amines is 1. The second-order valence-electron chi connectivity index (χ2n) is 5.22. The monoisotopic (exact) mass is 330 g/mol. The van der Waals surface area contributed by atoms with Crippen LogP contribution in [-0.2, 0) is 6.18 Å². The van der Waals surface area contributed by atoms with Gasteiger partial charge in [0.1, 0.15) is 5.65 Å². The molecule has 0 fully saturated rings. The number of fused-ring (bicyclic) bond motifs is 3. The van der Waals surface area contributed by atoms with E-state index < -0.39 is 17.3 Å². The van der Waals surface area contributed by atoms with Gasteiger partial charge in [-0.1, -0.05) is 6.07 Å². The van der Waals surface area contributed by atoms with E-state index in [1.807, 2.05) is 0 Å². The van der Waals surface area contributed by atoms with Crippen LogP contribution in [0.3, 0.4) is 0 Å². The van der Waals surface area contributed by atoms with Crippen molar-refractivity contribution in [3.8, 4) is 5.69 Å². The Balaban J connectivity index is 2.13. The maximum Gasteiger partial charge on any atom is 0.416 e. The maximum absolute atomic E-state index is 13.0. The molecule has 0 aliphatic heterocycles. The van der Waals surface area contributed by atoms with Gasteiger partial charge in [0.25, 0.3) is 5.56 Å². The predicted molar refractivity (Wildman–Crippen MR) is 82.0 cm³/mol. The van der Waals surface area contributed by atoms with Crippen LogP contribution in [0.4, 0.5) is 13.2 Å². The summed E-state index contributed by atoms with van der Waals surface area (Å²) in [5, 5.41) is 7.48. The largest absolute Gasteiger partial charge is 0.416 e. The molecule has 0 unspecified atom stereocenters. The highest BCUT2D eigenvalue weighted by Gasteiger charge is 2.30. The molecule has 0 saturated carbocycles. The van der Waals surface area contributed by atoms with Gasteiger partial charge in [0.15, 0.2) is 0 Å². The van der Waals surface area contributed by atoms with E-state index in [1.54, 1.807) is 12.1 Å². The van der Waals surface area contributed by atoms with Crippen molar-refractivity contribution in [3.63, 3.8) is 0 Å². The van der Waals surface area contributed by atoms with Crippen LogP contribution in [0.5, 0.6) is 0 Å². The van der Waals surface area contributed by atoms with Crippen LogP contribution >= 0.6 is 0 Å². The van der Waals surface area contributed by atoms with E-state index in [4.69, 9.17) is 0 Å². The minimum Gasteiger partial charge on any atom is -0.277 e. The molecule has 0 aliphatic carbocycles. The molecule has 0 radical (unpaired) electrons. The SMILES string of the molecule is O=c1c2cn[nH]c2c2cccnc2n1-c1cccc(C(F)(F)F)c1. The van der Waals surface area contributed by atoms with Gasteiger partial charge >= 0.3 is 6.18 Å². The van der Waals surface area contributed by atoms with Gasteiger partial charge in [-0.05, 0) is 30.3 Å². The maximum atomic E-state index is 13.0. The van der Waals surface area contributed by atoms with Crippen molar-refractivity contribution < 1.29 is 13.2 Å². The first-order chi connectivity index (χ1) is 11.5. The van der Waals surface area contributed by atoms with E-state index in [1.165, 1.54) is 29.1 Å². The molecule has 24 heavy (non-hydrogen) atoms. The summed E-state index contributed by atoms with van der Waals surface area (Å²) in [4.78, 5) is 16.9. The summed E-state index contributed by atoms with van der Waals surface area (Å²) >= 11 is 0. The van der Waals surface area contributed by atoms with E-state index in [0.29, 0.717) is 10.9 Å². The van der Waals surface area contributed by atoms with E-state index in [-0.39, 0.29) is 16.7 Å². The lowest BCUT2D eigenvalue weighted by molar-refractivity contribution is -0.137. The number of nitrogens with zero attached hydrogens (tertiary/aromatic N) is 3. The average Bonchev–Trinajstić information content (AvgIpc) is 3.05. The molecule has 3 heterocycles. The predicted octanol–water partition coefficient (Wildman–Crippen LogP) is 3.28. The summed E-state index contributed by atoms with van der Waals surface area (Å²) in [5.41, 5.74) is -0.445. The number of halogens is 3. The van der Waals surface area contributed by atoms with Crippen LogP contribution in [0.25, 0.3) is 27.6 Å².